The molecular weight excluding hydrogens is 306 g/mol. The zero-order valence-electron chi connectivity index (χ0n) is 11.2. The quantitative estimate of drug-likeness (QED) is 0.920. The van der Waals surface area contributed by atoms with Gasteiger partial charge < -0.3 is 10.5 Å². The highest BCUT2D eigenvalue weighted by Crippen LogP contribution is 2.27. The summed E-state index contributed by atoms with van der Waals surface area (Å²) in [6.45, 7) is 3.13. The first-order valence-corrected chi connectivity index (χ1v) is 6.99. The summed E-state index contributed by atoms with van der Waals surface area (Å²) in [7, 11) is 1.91. The lowest BCUT2D eigenvalue weighted by atomic mass is 10.1. The van der Waals surface area contributed by atoms with Crippen LogP contribution in [0.2, 0.25) is 0 Å². The Bertz CT molecular complexity index is 566. The van der Waals surface area contributed by atoms with Gasteiger partial charge in [-0.15, -0.1) is 0 Å². The summed E-state index contributed by atoms with van der Waals surface area (Å²) in [6.07, 6.45) is 4.70. The molecule has 1 aromatic carbocycles. The number of hydrogen-bond acceptors (Lipinski definition) is 3. The Balaban J connectivity index is 2.03. The minimum atomic E-state index is 0.475. The molecule has 0 spiro atoms. The third-order valence-electron chi connectivity index (χ3n) is 2.93. The van der Waals surface area contributed by atoms with Crippen LogP contribution in [-0.2, 0) is 20.0 Å². The molecule has 0 amide bonds. The van der Waals surface area contributed by atoms with Crippen LogP contribution >= 0.6 is 15.9 Å². The number of benzene rings is 1. The lowest BCUT2D eigenvalue weighted by Gasteiger charge is -2.13. The molecule has 0 saturated carbocycles. The molecule has 2 aromatic rings. The molecule has 5 heteroatoms. The van der Waals surface area contributed by atoms with Crippen molar-refractivity contribution in [1.82, 2.24) is 9.78 Å². The van der Waals surface area contributed by atoms with Crippen molar-refractivity contribution in [2.45, 2.75) is 19.9 Å². The Morgan fingerprint density at radius 1 is 1.42 bits per heavy atom. The Morgan fingerprint density at radius 2 is 2.21 bits per heavy atom. The maximum absolute atomic E-state index is 5.89. The van der Waals surface area contributed by atoms with Crippen molar-refractivity contribution < 1.29 is 4.74 Å². The van der Waals surface area contributed by atoms with Gasteiger partial charge in [-0.2, -0.15) is 5.10 Å². The van der Waals surface area contributed by atoms with E-state index in [1.54, 1.807) is 4.68 Å². The van der Waals surface area contributed by atoms with E-state index in [1.165, 1.54) is 5.56 Å². The van der Waals surface area contributed by atoms with Crippen LogP contribution in [0.1, 0.15) is 16.7 Å². The molecule has 0 aliphatic carbocycles. The van der Waals surface area contributed by atoms with Crippen LogP contribution in [0.3, 0.4) is 0 Å². The van der Waals surface area contributed by atoms with Crippen molar-refractivity contribution >= 4 is 15.9 Å². The highest BCUT2D eigenvalue weighted by molar-refractivity contribution is 9.10. The number of aromatic nitrogens is 2. The summed E-state index contributed by atoms with van der Waals surface area (Å²) in [5.74, 6) is 0.898. The topological polar surface area (TPSA) is 53.1 Å². The molecule has 2 rings (SSSR count). The second-order valence-electron chi connectivity index (χ2n) is 4.54. The zero-order valence-corrected chi connectivity index (χ0v) is 12.8. The zero-order chi connectivity index (χ0) is 13.8. The van der Waals surface area contributed by atoms with Crippen LogP contribution < -0.4 is 10.5 Å². The fourth-order valence-corrected chi connectivity index (χ4v) is 2.65. The second kappa shape index (κ2) is 6.21. The van der Waals surface area contributed by atoms with Gasteiger partial charge in [0, 0.05) is 36.2 Å². The smallest absolute Gasteiger partial charge is 0.126 e. The largest absolute Gasteiger partial charge is 0.493 e. The lowest BCUT2D eigenvalue weighted by molar-refractivity contribution is 0.316. The van der Waals surface area contributed by atoms with Crippen LogP contribution in [0.4, 0.5) is 0 Å². The molecule has 0 unspecified atom stereocenters. The van der Waals surface area contributed by atoms with Gasteiger partial charge in [-0.05, 0) is 30.2 Å². The summed E-state index contributed by atoms with van der Waals surface area (Å²) in [5.41, 5.74) is 9.06. The molecule has 19 heavy (non-hydrogen) atoms. The fourth-order valence-electron chi connectivity index (χ4n) is 2.03. The van der Waals surface area contributed by atoms with Gasteiger partial charge in [0.2, 0.25) is 0 Å². The highest BCUT2D eigenvalue weighted by Gasteiger charge is 2.08. The maximum atomic E-state index is 5.89. The van der Waals surface area contributed by atoms with E-state index in [9.17, 15) is 0 Å². The number of halogens is 1. The van der Waals surface area contributed by atoms with Crippen molar-refractivity contribution in [1.29, 1.82) is 0 Å². The lowest BCUT2D eigenvalue weighted by Crippen LogP contribution is -2.07. The average Bonchev–Trinajstić information content (AvgIpc) is 2.77. The van der Waals surface area contributed by atoms with Gasteiger partial charge in [0.1, 0.15) is 5.75 Å². The second-order valence-corrected chi connectivity index (χ2v) is 5.45. The Kier molecular flexibility index (Phi) is 4.61. The minimum Gasteiger partial charge on any atom is -0.493 e. The molecule has 1 aromatic heterocycles. The number of ether oxygens (including phenoxy) is 1. The minimum absolute atomic E-state index is 0.475. The van der Waals surface area contributed by atoms with E-state index in [0.717, 1.165) is 27.8 Å². The molecular formula is C14H18BrN3O. The Hall–Kier alpha value is -1.33. The molecule has 1 heterocycles. The van der Waals surface area contributed by atoms with Gasteiger partial charge >= 0.3 is 0 Å². The number of aryl methyl sites for hydroxylation is 2. The van der Waals surface area contributed by atoms with Crippen LogP contribution in [-0.4, -0.2) is 16.4 Å². The van der Waals surface area contributed by atoms with Crippen LogP contribution in [0, 0.1) is 6.92 Å². The van der Waals surface area contributed by atoms with Gasteiger partial charge in [0.25, 0.3) is 0 Å². The van der Waals surface area contributed by atoms with E-state index < -0.39 is 0 Å². The fraction of sp³-hybridized carbons (Fsp3) is 0.357. The third kappa shape index (κ3) is 3.58. The molecule has 0 atom stereocenters. The Labute approximate surface area is 121 Å². The first-order chi connectivity index (χ1) is 9.10. The van der Waals surface area contributed by atoms with Crippen LogP contribution in [0.25, 0.3) is 0 Å². The van der Waals surface area contributed by atoms with Gasteiger partial charge in [-0.1, -0.05) is 15.9 Å². The van der Waals surface area contributed by atoms with Crippen molar-refractivity contribution in [3.63, 3.8) is 0 Å². The molecule has 4 nitrogen and oxygen atoms in total. The molecule has 0 radical (unpaired) electrons. The van der Waals surface area contributed by atoms with Gasteiger partial charge in [-0.3, -0.25) is 4.68 Å². The molecule has 0 saturated heterocycles. The molecule has 0 aliphatic heterocycles. The predicted molar refractivity (Wildman–Crippen MR) is 79.2 cm³/mol. The van der Waals surface area contributed by atoms with Crippen molar-refractivity contribution in [3.8, 4) is 5.75 Å². The van der Waals surface area contributed by atoms with Crippen molar-refractivity contribution in [2.24, 2.45) is 12.8 Å². The van der Waals surface area contributed by atoms with Crippen molar-refractivity contribution in [2.75, 3.05) is 6.61 Å². The van der Waals surface area contributed by atoms with Gasteiger partial charge in [-0.25, -0.2) is 0 Å². The summed E-state index contributed by atoms with van der Waals surface area (Å²) in [5, 5.41) is 4.14. The number of nitrogens with zero attached hydrogens (tertiary/aromatic N) is 2. The van der Waals surface area contributed by atoms with E-state index >= 15 is 0 Å². The number of hydrogen-bond donors (Lipinski definition) is 1. The molecule has 0 fully saturated rings. The normalized spacial score (nSPS) is 10.7. The maximum Gasteiger partial charge on any atom is 0.126 e. The molecule has 0 bridgehead atoms. The van der Waals surface area contributed by atoms with Crippen LogP contribution in [0.15, 0.2) is 29.0 Å². The average molecular weight is 324 g/mol. The predicted octanol–water partition coefficient (Wildman–Crippen LogP) is 2.57. The molecule has 0 aliphatic rings. The standard InChI is InChI=1S/C14H18BrN3O/c1-10-5-13(15)6-12(7-16)14(10)19-4-3-11-8-17-18(2)9-11/h5-6,8-9H,3-4,7,16H2,1-2H3. The number of nitrogens with two attached hydrogens (primary N) is 1. The monoisotopic (exact) mass is 323 g/mol. The molecule has 2 N–H and O–H groups in total. The Morgan fingerprint density at radius 3 is 2.84 bits per heavy atom. The summed E-state index contributed by atoms with van der Waals surface area (Å²) < 4.78 is 8.72. The first-order valence-electron chi connectivity index (χ1n) is 6.19. The molecule has 102 valence electrons. The van der Waals surface area contributed by atoms with Crippen LogP contribution in [0.5, 0.6) is 5.75 Å². The SMILES string of the molecule is Cc1cc(Br)cc(CN)c1OCCc1cnn(C)c1. The summed E-state index contributed by atoms with van der Waals surface area (Å²) in [4.78, 5) is 0. The first kappa shape index (κ1) is 14.1. The highest BCUT2D eigenvalue weighted by atomic mass is 79.9. The summed E-state index contributed by atoms with van der Waals surface area (Å²) >= 11 is 3.47. The summed E-state index contributed by atoms with van der Waals surface area (Å²) in [6, 6.07) is 4.05. The van der Waals surface area contributed by atoms with Crippen molar-refractivity contribution in [3.05, 3.63) is 45.7 Å². The number of rotatable bonds is 5. The van der Waals surface area contributed by atoms with E-state index in [-0.39, 0.29) is 0 Å². The van der Waals surface area contributed by atoms with E-state index in [0.29, 0.717) is 13.2 Å². The van der Waals surface area contributed by atoms with E-state index in [2.05, 4.69) is 21.0 Å². The van der Waals surface area contributed by atoms with E-state index in [4.69, 9.17) is 10.5 Å². The van der Waals surface area contributed by atoms with E-state index in [1.807, 2.05) is 38.5 Å². The van der Waals surface area contributed by atoms with Gasteiger partial charge in [0.05, 0.1) is 12.8 Å². The van der Waals surface area contributed by atoms with Gasteiger partial charge in [0.15, 0.2) is 0 Å². The third-order valence-corrected chi connectivity index (χ3v) is 3.39.